The second-order valence-electron chi connectivity index (χ2n) is 7.16. The maximum Gasteiger partial charge on any atom is 0.140 e. The normalized spacial score (nSPS) is 26.1. The lowest BCUT2D eigenvalue weighted by atomic mass is 9.88. The van der Waals surface area contributed by atoms with Crippen LogP contribution in [0.15, 0.2) is 10.6 Å². The Hall–Kier alpha value is -0.870. The maximum atomic E-state index is 5.79. The second kappa shape index (κ2) is 5.49. The van der Waals surface area contributed by atoms with Gasteiger partial charge in [0.2, 0.25) is 0 Å². The molecule has 0 amide bonds. The SMILES string of the molecule is CN(Cc1cc(C2CC2)on1)C[C@H]1CCOC(C)(C)C1. The van der Waals surface area contributed by atoms with Gasteiger partial charge in [-0.3, -0.25) is 0 Å². The van der Waals surface area contributed by atoms with E-state index >= 15 is 0 Å². The van der Waals surface area contributed by atoms with Crippen LogP contribution in [0.4, 0.5) is 0 Å². The molecule has 0 bridgehead atoms. The number of nitrogens with zero attached hydrogens (tertiary/aromatic N) is 2. The number of hydrogen-bond acceptors (Lipinski definition) is 4. The lowest BCUT2D eigenvalue weighted by Crippen LogP contribution is -2.38. The van der Waals surface area contributed by atoms with E-state index in [0.29, 0.717) is 5.92 Å². The summed E-state index contributed by atoms with van der Waals surface area (Å²) < 4.78 is 11.2. The molecular formula is C16H26N2O2. The molecule has 0 radical (unpaired) electrons. The van der Waals surface area contributed by atoms with Crippen LogP contribution in [0.5, 0.6) is 0 Å². The summed E-state index contributed by atoms with van der Waals surface area (Å²) in [5.74, 6) is 2.46. The van der Waals surface area contributed by atoms with E-state index in [2.05, 4.69) is 37.0 Å². The molecule has 1 saturated carbocycles. The van der Waals surface area contributed by atoms with Crippen molar-refractivity contribution in [3.05, 3.63) is 17.5 Å². The molecule has 3 rings (SSSR count). The van der Waals surface area contributed by atoms with Crippen LogP contribution in [-0.2, 0) is 11.3 Å². The van der Waals surface area contributed by atoms with Crippen molar-refractivity contribution in [2.24, 2.45) is 5.92 Å². The van der Waals surface area contributed by atoms with Crippen LogP contribution in [0.3, 0.4) is 0 Å². The van der Waals surface area contributed by atoms with E-state index < -0.39 is 0 Å². The average molecular weight is 278 g/mol. The van der Waals surface area contributed by atoms with Crippen LogP contribution in [0.2, 0.25) is 0 Å². The highest BCUT2D eigenvalue weighted by Gasteiger charge is 2.30. The summed E-state index contributed by atoms with van der Waals surface area (Å²) in [5, 5.41) is 4.20. The Kier molecular flexibility index (Phi) is 3.87. The third-order valence-electron chi connectivity index (χ3n) is 4.36. The summed E-state index contributed by atoms with van der Waals surface area (Å²) in [5.41, 5.74) is 1.11. The number of rotatable bonds is 5. The Bertz CT molecular complexity index is 451. The molecule has 1 saturated heterocycles. The summed E-state index contributed by atoms with van der Waals surface area (Å²) in [6.07, 6.45) is 4.84. The summed E-state index contributed by atoms with van der Waals surface area (Å²) >= 11 is 0. The first-order chi connectivity index (χ1) is 9.52. The minimum atomic E-state index is 0.0385. The van der Waals surface area contributed by atoms with Crippen LogP contribution < -0.4 is 0 Å². The molecule has 0 unspecified atom stereocenters. The molecule has 0 N–H and O–H groups in total. The predicted octanol–water partition coefficient (Wildman–Crippen LogP) is 3.19. The zero-order chi connectivity index (χ0) is 14.2. The van der Waals surface area contributed by atoms with Gasteiger partial charge in [0, 0.05) is 31.7 Å². The van der Waals surface area contributed by atoms with Gasteiger partial charge < -0.3 is 14.2 Å². The third kappa shape index (κ3) is 3.61. The number of ether oxygens (including phenoxy) is 1. The molecule has 2 fully saturated rings. The van der Waals surface area contributed by atoms with Gasteiger partial charge in [0.15, 0.2) is 0 Å². The van der Waals surface area contributed by atoms with Crippen molar-refractivity contribution in [3.8, 4) is 0 Å². The van der Waals surface area contributed by atoms with Crippen molar-refractivity contribution in [2.45, 2.75) is 57.6 Å². The number of hydrogen-bond donors (Lipinski definition) is 0. The van der Waals surface area contributed by atoms with E-state index in [0.717, 1.165) is 43.5 Å². The quantitative estimate of drug-likeness (QED) is 0.829. The molecule has 20 heavy (non-hydrogen) atoms. The summed E-state index contributed by atoms with van der Waals surface area (Å²) in [6.45, 7) is 7.27. The van der Waals surface area contributed by atoms with Gasteiger partial charge in [0.25, 0.3) is 0 Å². The third-order valence-corrected chi connectivity index (χ3v) is 4.36. The molecule has 0 aromatic carbocycles. The van der Waals surface area contributed by atoms with E-state index in [4.69, 9.17) is 9.26 Å². The van der Waals surface area contributed by atoms with E-state index in [-0.39, 0.29) is 5.60 Å². The zero-order valence-corrected chi connectivity index (χ0v) is 12.9. The Balaban J connectivity index is 1.49. The highest BCUT2D eigenvalue weighted by atomic mass is 16.5. The smallest absolute Gasteiger partial charge is 0.140 e. The lowest BCUT2D eigenvalue weighted by molar-refractivity contribution is -0.0762. The first-order valence-corrected chi connectivity index (χ1v) is 7.80. The van der Waals surface area contributed by atoms with Crippen molar-refractivity contribution in [1.29, 1.82) is 0 Å². The number of aromatic nitrogens is 1. The first kappa shape index (κ1) is 14.1. The summed E-state index contributed by atoms with van der Waals surface area (Å²) in [4.78, 5) is 2.36. The van der Waals surface area contributed by atoms with Gasteiger partial charge in [-0.1, -0.05) is 5.16 Å². The maximum absolute atomic E-state index is 5.79. The van der Waals surface area contributed by atoms with Crippen LogP contribution >= 0.6 is 0 Å². The topological polar surface area (TPSA) is 38.5 Å². The monoisotopic (exact) mass is 278 g/mol. The molecule has 4 heteroatoms. The molecular weight excluding hydrogens is 252 g/mol. The molecule has 4 nitrogen and oxygen atoms in total. The molecule has 1 atom stereocenters. The van der Waals surface area contributed by atoms with Gasteiger partial charge in [-0.15, -0.1) is 0 Å². The van der Waals surface area contributed by atoms with E-state index in [1.807, 2.05) is 0 Å². The summed E-state index contributed by atoms with van der Waals surface area (Å²) in [6, 6.07) is 2.14. The molecule has 0 spiro atoms. The molecule has 2 heterocycles. The minimum absolute atomic E-state index is 0.0385. The van der Waals surface area contributed by atoms with Gasteiger partial charge in [-0.05, 0) is 52.5 Å². The van der Waals surface area contributed by atoms with Gasteiger partial charge in [0.05, 0.1) is 11.3 Å². The predicted molar refractivity (Wildman–Crippen MR) is 77.6 cm³/mol. The fourth-order valence-electron chi connectivity index (χ4n) is 3.26. The molecule has 1 aliphatic carbocycles. The lowest BCUT2D eigenvalue weighted by Gasteiger charge is -2.37. The molecule has 112 valence electrons. The largest absolute Gasteiger partial charge is 0.376 e. The van der Waals surface area contributed by atoms with Gasteiger partial charge in [-0.2, -0.15) is 0 Å². The van der Waals surface area contributed by atoms with Crippen LogP contribution in [0, 0.1) is 5.92 Å². The highest BCUT2D eigenvalue weighted by Crippen LogP contribution is 2.40. The Morgan fingerprint density at radius 2 is 2.15 bits per heavy atom. The molecule has 2 aliphatic rings. The van der Waals surface area contributed by atoms with Crippen molar-refractivity contribution >= 4 is 0 Å². The Morgan fingerprint density at radius 3 is 2.85 bits per heavy atom. The fourth-order valence-corrected chi connectivity index (χ4v) is 3.26. The van der Waals surface area contributed by atoms with Crippen molar-refractivity contribution in [3.63, 3.8) is 0 Å². The van der Waals surface area contributed by atoms with E-state index in [9.17, 15) is 0 Å². The van der Waals surface area contributed by atoms with Gasteiger partial charge >= 0.3 is 0 Å². The van der Waals surface area contributed by atoms with Gasteiger partial charge in [-0.25, -0.2) is 0 Å². The Labute approximate surface area is 121 Å². The van der Waals surface area contributed by atoms with Crippen molar-refractivity contribution < 1.29 is 9.26 Å². The fraction of sp³-hybridized carbons (Fsp3) is 0.812. The molecule has 1 aromatic rings. The Morgan fingerprint density at radius 1 is 1.35 bits per heavy atom. The van der Waals surface area contributed by atoms with Crippen LogP contribution in [-0.4, -0.2) is 35.9 Å². The van der Waals surface area contributed by atoms with Crippen molar-refractivity contribution in [2.75, 3.05) is 20.2 Å². The van der Waals surface area contributed by atoms with E-state index in [1.165, 1.54) is 19.3 Å². The second-order valence-corrected chi connectivity index (χ2v) is 7.16. The van der Waals surface area contributed by atoms with E-state index in [1.54, 1.807) is 0 Å². The minimum Gasteiger partial charge on any atom is -0.376 e. The molecule has 1 aromatic heterocycles. The van der Waals surface area contributed by atoms with Crippen LogP contribution in [0.1, 0.15) is 56.9 Å². The highest BCUT2D eigenvalue weighted by molar-refractivity contribution is 5.14. The summed E-state index contributed by atoms with van der Waals surface area (Å²) in [7, 11) is 2.17. The molecule has 1 aliphatic heterocycles. The van der Waals surface area contributed by atoms with Crippen LogP contribution in [0.25, 0.3) is 0 Å². The average Bonchev–Trinajstić information content (AvgIpc) is 3.09. The standard InChI is InChI=1S/C16H26N2O2/c1-16(2)9-12(6-7-19-16)10-18(3)11-14-8-15(20-17-14)13-4-5-13/h8,12-13H,4-7,9-11H2,1-3H3/t12-/m0/s1. The van der Waals surface area contributed by atoms with Gasteiger partial charge in [0.1, 0.15) is 5.76 Å². The van der Waals surface area contributed by atoms with Crippen molar-refractivity contribution in [1.82, 2.24) is 10.1 Å². The zero-order valence-electron chi connectivity index (χ0n) is 12.9. The first-order valence-electron chi connectivity index (χ1n) is 7.80.